The molecule has 0 bridgehead atoms. The first-order chi connectivity index (χ1) is 21.7. The molecule has 0 spiro atoms. The molecule has 3 amide bonds. The second-order valence-corrected chi connectivity index (χ2v) is 14.1. The zero-order valence-corrected chi connectivity index (χ0v) is 27.3. The molecule has 3 aromatic rings. The third kappa shape index (κ3) is 7.66. The van der Waals surface area contributed by atoms with Gasteiger partial charge < -0.3 is 24.6 Å². The Morgan fingerprint density at radius 2 is 1.70 bits per heavy atom. The highest BCUT2D eigenvalue weighted by Gasteiger charge is 2.54. The summed E-state index contributed by atoms with van der Waals surface area (Å²) in [5.41, 5.74) is 0.841. The number of hydrogen-bond donors (Lipinski definition) is 1. The fourth-order valence-electron chi connectivity index (χ4n) is 6.26. The van der Waals surface area contributed by atoms with E-state index in [2.05, 4.69) is 15.6 Å². The highest BCUT2D eigenvalue weighted by Crippen LogP contribution is 2.38. The van der Waals surface area contributed by atoms with E-state index in [-0.39, 0.29) is 36.3 Å². The summed E-state index contributed by atoms with van der Waals surface area (Å²) in [5.74, 6) is -0.778. The van der Waals surface area contributed by atoms with E-state index in [9.17, 15) is 18.8 Å². The van der Waals surface area contributed by atoms with E-state index in [4.69, 9.17) is 9.47 Å². The van der Waals surface area contributed by atoms with Crippen molar-refractivity contribution in [2.45, 2.75) is 84.8 Å². The lowest BCUT2D eigenvalue weighted by Gasteiger charge is -2.37. The van der Waals surface area contributed by atoms with Crippen LogP contribution in [0.5, 0.6) is 0 Å². The molecular formula is C34H43FN6O5. The summed E-state index contributed by atoms with van der Waals surface area (Å²) in [6.07, 6.45) is 1.23. The number of rotatable bonds is 7. The zero-order valence-electron chi connectivity index (χ0n) is 27.3. The normalized spacial score (nSPS) is 20.3. The maximum Gasteiger partial charge on any atom is 0.410 e. The van der Waals surface area contributed by atoms with Crippen LogP contribution in [0.25, 0.3) is 11.3 Å². The van der Waals surface area contributed by atoms with Gasteiger partial charge in [0.1, 0.15) is 29.8 Å². The Hall–Kier alpha value is -4.48. The lowest BCUT2D eigenvalue weighted by Crippen LogP contribution is -2.57. The van der Waals surface area contributed by atoms with Gasteiger partial charge in [-0.2, -0.15) is 0 Å². The molecule has 2 fully saturated rings. The molecule has 2 saturated heterocycles. The van der Waals surface area contributed by atoms with E-state index in [1.165, 1.54) is 12.1 Å². The van der Waals surface area contributed by atoms with Crippen molar-refractivity contribution < 1.29 is 28.2 Å². The fraction of sp³-hybridized carbons (Fsp3) is 0.500. The van der Waals surface area contributed by atoms with Crippen molar-refractivity contribution in [3.63, 3.8) is 0 Å². The monoisotopic (exact) mass is 634 g/mol. The van der Waals surface area contributed by atoms with E-state index in [1.807, 2.05) is 51.1 Å². The summed E-state index contributed by atoms with van der Waals surface area (Å²) < 4.78 is 26.4. The van der Waals surface area contributed by atoms with Crippen molar-refractivity contribution in [1.82, 2.24) is 30.1 Å². The van der Waals surface area contributed by atoms with Crippen LogP contribution in [0.15, 0.2) is 60.8 Å². The largest absolute Gasteiger partial charge is 0.445 e. The minimum Gasteiger partial charge on any atom is -0.445 e. The van der Waals surface area contributed by atoms with Gasteiger partial charge in [0, 0.05) is 31.1 Å². The molecule has 0 unspecified atom stereocenters. The van der Waals surface area contributed by atoms with Crippen LogP contribution in [-0.4, -0.2) is 79.7 Å². The van der Waals surface area contributed by atoms with Crippen LogP contribution in [0, 0.1) is 17.2 Å². The molecule has 3 heterocycles. The van der Waals surface area contributed by atoms with Crippen LogP contribution in [0.3, 0.4) is 0 Å². The van der Waals surface area contributed by atoms with Gasteiger partial charge >= 0.3 is 12.2 Å². The third-order valence-electron chi connectivity index (χ3n) is 8.33. The number of nitrogens with one attached hydrogen (secondary N) is 1. The average molecular weight is 635 g/mol. The summed E-state index contributed by atoms with van der Waals surface area (Å²) in [5, 5.41) is 11.4. The van der Waals surface area contributed by atoms with Gasteiger partial charge in [-0.15, -0.1) is 5.10 Å². The van der Waals surface area contributed by atoms with Crippen LogP contribution in [0.1, 0.15) is 53.5 Å². The van der Waals surface area contributed by atoms with Crippen LogP contribution in [0.4, 0.5) is 14.0 Å². The molecule has 2 aromatic carbocycles. The number of ether oxygens (including phenoxy) is 2. The number of hydrogen-bond acceptors (Lipinski definition) is 7. The van der Waals surface area contributed by atoms with Gasteiger partial charge in [0.25, 0.3) is 0 Å². The molecule has 5 rings (SSSR count). The van der Waals surface area contributed by atoms with Gasteiger partial charge in [-0.25, -0.2) is 14.0 Å². The molecule has 2 aliphatic rings. The second kappa shape index (κ2) is 13.1. The molecule has 246 valence electrons. The van der Waals surface area contributed by atoms with E-state index in [1.54, 1.807) is 53.6 Å². The van der Waals surface area contributed by atoms with Gasteiger partial charge in [0.15, 0.2) is 0 Å². The Balaban J connectivity index is 1.39. The number of fused-ring (bicyclic) bond motifs is 1. The Kier molecular flexibility index (Phi) is 9.37. The summed E-state index contributed by atoms with van der Waals surface area (Å²) in [6.45, 7) is 12.3. The third-order valence-corrected chi connectivity index (χ3v) is 8.33. The summed E-state index contributed by atoms with van der Waals surface area (Å²) >= 11 is 0. The number of carbonyl (C=O) groups excluding carboxylic acids is 3. The molecule has 0 aliphatic carbocycles. The summed E-state index contributed by atoms with van der Waals surface area (Å²) in [6, 6.07) is 14.0. The van der Waals surface area contributed by atoms with Crippen molar-refractivity contribution >= 4 is 18.1 Å². The molecule has 1 N–H and O–H groups in total. The van der Waals surface area contributed by atoms with Gasteiger partial charge in [0.05, 0.1) is 18.3 Å². The zero-order chi connectivity index (χ0) is 33.2. The number of carbonyl (C=O) groups is 3. The number of aromatic nitrogens is 3. The predicted molar refractivity (Wildman–Crippen MR) is 169 cm³/mol. The van der Waals surface area contributed by atoms with Crippen molar-refractivity contribution in [3.05, 3.63) is 72.2 Å². The first kappa shape index (κ1) is 32.9. The van der Waals surface area contributed by atoms with Gasteiger partial charge in [0.2, 0.25) is 5.91 Å². The molecule has 12 heteroatoms. The Bertz CT molecular complexity index is 1530. The van der Waals surface area contributed by atoms with Crippen molar-refractivity contribution in [1.29, 1.82) is 0 Å². The lowest BCUT2D eigenvalue weighted by atomic mass is 9.85. The Morgan fingerprint density at radius 3 is 2.35 bits per heavy atom. The van der Waals surface area contributed by atoms with Crippen molar-refractivity contribution in [2.24, 2.45) is 11.3 Å². The Labute approximate surface area is 269 Å². The standard InChI is InChI=1S/C34H43FN6O5/c1-33(2,3)29(36-31(43)46-34(4,5)6)30(42)40-17-16-27-28(40)24(19-41(27)32(44)45-21-22-10-8-7-9-11-22)18-39-20-26(37-38-39)23-12-14-25(35)15-13-23/h7-15,20,24,27-29H,16-19,21H2,1-6H3,(H,36,43)/t24-,27+,28+,29+/m0/s1. The van der Waals surface area contributed by atoms with Crippen LogP contribution < -0.4 is 5.32 Å². The van der Waals surface area contributed by atoms with Gasteiger partial charge in [-0.05, 0) is 62.4 Å². The molecular weight excluding hydrogens is 591 g/mol. The van der Waals surface area contributed by atoms with Crippen molar-refractivity contribution in [2.75, 3.05) is 13.1 Å². The summed E-state index contributed by atoms with van der Waals surface area (Å²) in [4.78, 5) is 44.1. The number of amides is 3. The smallest absolute Gasteiger partial charge is 0.410 e. The van der Waals surface area contributed by atoms with E-state index in [0.717, 1.165) is 11.1 Å². The maximum atomic E-state index is 14.3. The molecule has 46 heavy (non-hydrogen) atoms. The van der Waals surface area contributed by atoms with Crippen LogP contribution >= 0.6 is 0 Å². The minimum absolute atomic E-state index is 0.136. The lowest BCUT2D eigenvalue weighted by molar-refractivity contribution is -0.137. The van der Waals surface area contributed by atoms with E-state index < -0.39 is 29.2 Å². The fourth-order valence-corrected chi connectivity index (χ4v) is 6.26. The predicted octanol–water partition coefficient (Wildman–Crippen LogP) is 5.26. The first-order valence-corrected chi connectivity index (χ1v) is 15.6. The SMILES string of the molecule is CC(C)(C)OC(=O)N[C@H](C(=O)N1CC[C@@H]2[C@H]1[C@@H](Cn1cc(-c3ccc(F)cc3)nn1)CN2C(=O)OCc1ccccc1)C(C)(C)C. The maximum absolute atomic E-state index is 14.3. The molecule has 1 aromatic heterocycles. The minimum atomic E-state index is -0.864. The first-order valence-electron chi connectivity index (χ1n) is 15.6. The molecule has 2 aliphatic heterocycles. The van der Waals surface area contributed by atoms with Crippen LogP contribution in [0.2, 0.25) is 0 Å². The molecule has 4 atom stereocenters. The average Bonchev–Trinajstić information content (AvgIpc) is 3.71. The number of likely N-dealkylation sites (tertiary alicyclic amines) is 2. The summed E-state index contributed by atoms with van der Waals surface area (Å²) in [7, 11) is 0. The topological polar surface area (TPSA) is 119 Å². The Morgan fingerprint density at radius 1 is 1.00 bits per heavy atom. The second-order valence-electron chi connectivity index (χ2n) is 14.1. The molecule has 11 nitrogen and oxygen atoms in total. The van der Waals surface area contributed by atoms with Crippen molar-refractivity contribution in [3.8, 4) is 11.3 Å². The highest BCUT2D eigenvalue weighted by atomic mass is 19.1. The number of halogens is 1. The number of alkyl carbamates (subject to hydrolysis) is 1. The van der Waals surface area contributed by atoms with E-state index in [0.29, 0.717) is 31.7 Å². The van der Waals surface area contributed by atoms with Gasteiger partial charge in [-0.3, -0.25) is 9.48 Å². The molecule has 0 radical (unpaired) electrons. The number of benzene rings is 2. The quantitative estimate of drug-likeness (QED) is 0.377. The van der Waals surface area contributed by atoms with Gasteiger partial charge in [-0.1, -0.05) is 56.3 Å². The van der Waals surface area contributed by atoms with Crippen LogP contribution in [-0.2, 0) is 27.4 Å². The number of nitrogens with zero attached hydrogens (tertiary/aromatic N) is 5. The highest BCUT2D eigenvalue weighted by molar-refractivity contribution is 5.87. The molecule has 0 saturated carbocycles. The van der Waals surface area contributed by atoms with E-state index >= 15 is 0 Å².